The normalized spacial score (nSPS) is 12.0. The van der Waals surface area contributed by atoms with Crippen molar-refractivity contribution >= 4 is 5.78 Å². The predicted molar refractivity (Wildman–Crippen MR) is 81.3 cm³/mol. The third kappa shape index (κ3) is 3.79. The van der Waals surface area contributed by atoms with Gasteiger partial charge in [-0.2, -0.15) is 0 Å². The lowest BCUT2D eigenvalue weighted by Gasteiger charge is -2.35. The summed E-state index contributed by atoms with van der Waals surface area (Å²) in [7, 11) is 0. The zero-order valence-electron chi connectivity index (χ0n) is 13.4. The van der Waals surface area contributed by atoms with Crippen molar-refractivity contribution in [1.82, 2.24) is 9.88 Å². The van der Waals surface area contributed by atoms with Crippen LogP contribution in [0.3, 0.4) is 0 Å². The van der Waals surface area contributed by atoms with Crippen molar-refractivity contribution in [2.75, 3.05) is 13.1 Å². The third-order valence-corrected chi connectivity index (χ3v) is 3.46. The van der Waals surface area contributed by atoms with Gasteiger partial charge >= 0.3 is 0 Å². The second-order valence-electron chi connectivity index (χ2n) is 5.64. The maximum Gasteiger partial charge on any atom is 0.184 e. The van der Waals surface area contributed by atoms with Crippen LogP contribution in [-0.4, -0.2) is 40.4 Å². The van der Waals surface area contributed by atoms with Crippen molar-refractivity contribution in [1.29, 1.82) is 0 Å². The number of likely N-dealkylation sites (N-methyl/N-ethyl adjacent to an activating group) is 1. The number of hydrogen-bond acceptors (Lipinski definition) is 4. The molecule has 1 rings (SSSR count). The summed E-state index contributed by atoms with van der Waals surface area (Å²) >= 11 is 0. The fraction of sp³-hybridized carbons (Fsp3) is 0.625. The average Bonchev–Trinajstić information content (AvgIpc) is 2.38. The Balaban J connectivity index is 3.02. The highest BCUT2D eigenvalue weighted by molar-refractivity contribution is 6.02. The summed E-state index contributed by atoms with van der Waals surface area (Å²) in [5.74, 6) is 0.712. The molecule has 0 fully saturated rings. The summed E-state index contributed by atoms with van der Waals surface area (Å²) in [6.07, 6.45) is 3.32. The number of Topliss-reactive ketones (excluding diaryl/α,β-unsaturated/α-hetero) is 1. The summed E-state index contributed by atoms with van der Waals surface area (Å²) in [5.41, 5.74) is 0.0572. The highest BCUT2D eigenvalue weighted by Gasteiger charge is 2.33. The van der Waals surface area contributed by atoms with Gasteiger partial charge in [-0.3, -0.25) is 14.7 Å². The number of ketones is 1. The summed E-state index contributed by atoms with van der Waals surface area (Å²) < 4.78 is 5.60. The van der Waals surface area contributed by atoms with Crippen molar-refractivity contribution < 1.29 is 9.53 Å². The largest absolute Gasteiger partial charge is 0.489 e. The Labute approximate surface area is 122 Å². The van der Waals surface area contributed by atoms with Gasteiger partial charge in [-0.15, -0.1) is 0 Å². The van der Waals surface area contributed by atoms with Crippen LogP contribution in [0.25, 0.3) is 0 Å². The van der Waals surface area contributed by atoms with Gasteiger partial charge in [-0.05, 0) is 46.9 Å². The summed E-state index contributed by atoms with van der Waals surface area (Å²) in [6, 6.07) is 1.78. The predicted octanol–water partition coefficient (Wildman–Crippen LogP) is 3.17. The molecular formula is C16H26N2O2. The van der Waals surface area contributed by atoms with Gasteiger partial charge in [0.05, 0.1) is 17.8 Å². The summed E-state index contributed by atoms with van der Waals surface area (Å²) in [6.45, 7) is 13.6. The topological polar surface area (TPSA) is 42.4 Å². The molecule has 4 heteroatoms. The Bertz CT molecular complexity index is 452. The van der Waals surface area contributed by atoms with Crippen LogP contribution < -0.4 is 4.74 Å². The minimum Gasteiger partial charge on any atom is -0.489 e. The first-order valence-electron chi connectivity index (χ1n) is 7.24. The summed E-state index contributed by atoms with van der Waals surface area (Å²) in [5, 5.41) is 0. The van der Waals surface area contributed by atoms with E-state index in [0.717, 1.165) is 13.1 Å². The molecule has 0 saturated heterocycles. The minimum atomic E-state index is -0.540. The number of aromatic nitrogens is 1. The van der Waals surface area contributed by atoms with Crippen LogP contribution in [-0.2, 0) is 0 Å². The van der Waals surface area contributed by atoms with E-state index in [2.05, 4.69) is 23.7 Å². The van der Waals surface area contributed by atoms with Crippen LogP contribution in [0.1, 0.15) is 51.9 Å². The molecule has 1 aromatic rings. The number of rotatable bonds is 7. The maximum atomic E-state index is 12.7. The van der Waals surface area contributed by atoms with E-state index in [9.17, 15) is 4.79 Å². The lowest BCUT2D eigenvalue weighted by Crippen LogP contribution is -2.49. The van der Waals surface area contributed by atoms with E-state index < -0.39 is 5.54 Å². The van der Waals surface area contributed by atoms with E-state index in [1.807, 2.05) is 27.7 Å². The Morgan fingerprint density at radius 1 is 1.30 bits per heavy atom. The van der Waals surface area contributed by atoms with Crippen molar-refractivity contribution in [2.45, 2.75) is 53.2 Å². The number of carbonyl (C=O) groups is 1. The standard InChI is InChI=1S/C16H26N2O2/c1-7-18(8-2)16(5,6)15(19)13-9-14(11-17-10-13)20-12(3)4/h9-12H,7-8H2,1-6H3. The Morgan fingerprint density at radius 3 is 2.40 bits per heavy atom. The van der Waals surface area contributed by atoms with Gasteiger partial charge in [0.15, 0.2) is 5.78 Å². The molecule has 0 amide bonds. The minimum absolute atomic E-state index is 0.0675. The molecule has 0 aliphatic carbocycles. The Hall–Kier alpha value is -1.42. The number of ether oxygens (including phenoxy) is 1. The molecule has 0 spiro atoms. The highest BCUT2D eigenvalue weighted by Crippen LogP contribution is 2.22. The lowest BCUT2D eigenvalue weighted by atomic mass is 9.92. The zero-order valence-corrected chi connectivity index (χ0v) is 13.4. The van der Waals surface area contributed by atoms with E-state index in [-0.39, 0.29) is 11.9 Å². The lowest BCUT2D eigenvalue weighted by molar-refractivity contribution is 0.0667. The number of carbonyl (C=O) groups excluding carboxylic acids is 1. The summed E-state index contributed by atoms with van der Waals surface area (Å²) in [4.78, 5) is 19.0. The van der Waals surface area contributed by atoms with Gasteiger partial charge in [0.1, 0.15) is 5.75 Å². The van der Waals surface area contributed by atoms with E-state index in [4.69, 9.17) is 4.74 Å². The number of pyridine rings is 1. The molecule has 20 heavy (non-hydrogen) atoms. The molecule has 0 radical (unpaired) electrons. The molecule has 0 unspecified atom stereocenters. The van der Waals surface area contributed by atoms with E-state index >= 15 is 0 Å². The second kappa shape index (κ2) is 6.84. The molecule has 0 aromatic carbocycles. The molecule has 4 nitrogen and oxygen atoms in total. The molecule has 0 N–H and O–H groups in total. The van der Waals surface area contributed by atoms with Gasteiger partial charge in [0.2, 0.25) is 0 Å². The second-order valence-corrected chi connectivity index (χ2v) is 5.64. The first-order valence-corrected chi connectivity index (χ1v) is 7.24. The molecule has 0 saturated carbocycles. The quantitative estimate of drug-likeness (QED) is 0.718. The SMILES string of the molecule is CCN(CC)C(C)(C)C(=O)c1cncc(OC(C)C)c1. The van der Waals surface area contributed by atoms with Crippen LogP contribution in [0.5, 0.6) is 5.75 Å². The van der Waals surface area contributed by atoms with Crippen molar-refractivity contribution in [3.05, 3.63) is 24.0 Å². The first kappa shape index (κ1) is 16.6. The van der Waals surface area contributed by atoms with Crippen molar-refractivity contribution in [3.63, 3.8) is 0 Å². The molecular weight excluding hydrogens is 252 g/mol. The molecule has 0 bridgehead atoms. The molecule has 0 aliphatic heterocycles. The van der Waals surface area contributed by atoms with Gasteiger partial charge in [0, 0.05) is 11.8 Å². The number of hydrogen-bond donors (Lipinski definition) is 0. The Kier molecular flexibility index (Phi) is 5.69. The molecule has 112 valence electrons. The third-order valence-electron chi connectivity index (χ3n) is 3.46. The average molecular weight is 278 g/mol. The molecule has 0 aliphatic rings. The van der Waals surface area contributed by atoms with Gasteiger partial charge in [0.25, 0.3) is 0 Å². The smallest absolute Gasteiger partial charge is 0.184 e. The van der Waals surface area contributed by atoms with Crippen molar-refractivity contribution in [2.24, 2.45) is 0 Å². The monoisotopic (exact) mass is 278 g/mol. The van der Waals surface area contributed by atoms with Crippen LogP contribution in [0, 0.1) is 0 Å². The highest BCUT2D eigenvalue weighted by atomic mass is 16.5. The van der Waals surface area contributed by atoms with Gasteiger partial charge < -0.3 is 4.74 Å². The molecule has 1 heterocycles. The van der Waals surface area contributed by atoms with Crippen LogP contribution >= 0.6 is 0 Å². The van der Waals surface area contributed by atoms with E-state index in [0.29, 0.717) is 11.3 Å². The van der Waals surface area contributed by atoms with Gasteiger partial charge in [-0.1, -0.05) is 13.8 Å². The van der Waals surface area contributed by atoms with Gasteiger partial charge in [-0.25, -0.2) is 0 Å². The fourth-order valence-electron chi connectivity index (χ4n) is 2.39. The zero-order chi connectivity index (χ0) is 15.3. The van der Waals surface area contributed by atoms with Crippen LogP contribution in [0.15, 0.2) is 18.5 Å². The maximum absolute atomic E-state index is 12.7. The van der Waals surface area contributed by atoms with E-state index in [1.54, 1.807) is 18.5 Å². The number of nitrogens with zero attached hydrogens (tertiary/aromatic N) is 2. The fourth-order valence-corrected chi connectivity index (χ4v) is 2.39. The van der Waals surface area contributed by atoms with Crippen LogP contribution in [0.2, 0.25) is 0 Å². The Morgan fingerprint density at radius 2 is 1.90 bits per heavy atom. The molecule has 1 aromatic heterocycles. The molecule has 0 atom stereocenters. The first-order chi connectivity index (χ1) is 9.32. The van der Waals surface area contributed by atoms with E-state index in [1.165, 1.54) is 0 Å². The van der Waals surface area contributed by atoms with Crippen LogP contribution in [0.4, 0.5) is 0 Å². The van der Waals surface area contributed by atoms with Crippen molar-refractivity contribution in [3.8, 4) is 5.75 Å².